The molecule has 0 atom stereocenters. The fourth-order valence-electron chi connectivity index (χ4n) is 1.66. The Labute approximate surface area is 111 Å². The smallest absolute Gasteiger partial charge is 0.122 e. The van der Waals surface area contributed by atoms with Gasteiger partial charge in [0.1, 0.15) is 5.75 Å². The topological polar surface area (TPSA) is 48.1 Å². The van der Waals surface area contributed by atoms with E-state index in [0.717, 1.165) is 27.7 Å². The molecule has 0 fully saturated rings. The number of hydrogen-bond acceptors (Lipinski definition) is 4. The predicted octanol–water partition coefficient (Wildman–Crippen LogP) is 2.84. The summed E-state index contributed by atoms with van der Waals surface area (Å²) in [4.78, 5) is 4.29. The van der Waals surface area contributed by atoms with Gasteiger partial charge in [0.05, 0.1) is 12.1 Å². The zero-order chi connectivity index (χ0) is 12.8. The molecular formula is C14H16N2OS. The van der Waals surface area contributed by atoms with Crippen LogP contribution in [0.15, 0.2) is 47.6 Å². The van der Waals surface area contributed by atoms with Crippen LogP contribution in [0.5, 0.6) is 5.75 Å². The highest BCUT2D eigenvalue weighted by atomic mass is 32.2. The lowest BCUT2D eigenvalue weighted by Crippen LogP contribution is -1.98. The van der Waals surface area contributed by atoms with Crippen LogP contribution in [0.25, 0.3) is 0 Å². The van der Waals surface area contributed by atoms with Crippen molar-refractivity contribution in [1.29, 1.82) is 0 Å². The van der Waals surface area contributed by atoms with Gasteiger partial charge in [-0.1, -0.05) is 12.1 Å². The van der Waals surface area contributed by atoms with Crippen molar-refractivity contribution < 1.29 is 4.74 Å². The van der Waals surface area contributed by atoms with Crippen LogP contribution in [0.4, 0.5) is 0 Å². The summed E-state index contributed by atoms with van der Waals surface area (Å²) < 4.78 is 5.36. The number of nitrogens with two attached hydrogens (primary N) is 1. The first-order valence-electron chi connectivity index (χ1n) is 5.73. The van der Waals surface area contributed by atoms with Crippen LogP contribution in [0.2, 0.25) is 0 Å². The van der Waals surface area contributed by atoms with E-state index in [1.807, 2.05) is 30.3 Å². The SMILES string of the molecule is COc1ccc(CN)cc1CSc1ccccn1. The van der Waals surface area contributed by atoms with Gasteiger partial charge in [-0.15, -0.1) is 11.8 Å². The molecule has 0 bridgehead atoms. The minimum absolute atomic E-state index is 0.547. The van der Waals surface area contributed by atoms with Crippen molar-refractivity contribution in [3.8, 4) is 5.75 Å². The Balaban J connectivity index is 2.12. The highest BCUT2D eigenvalue weighted by Gasteiger charge is 2.05. The number of nitrogens with zero attached hydrogens (tertiary/aromatic N) is 1. The Kier molecular flexibility index (Phi) is 4.61. The van der Waals surface area contributed by atoms with E-state index in [0.29, 0.717) is 6.54 Å². The lowest BCUT2D eigenvalue weighted by Gasteiger charge is -2.09. The molecule has 4 heteroatoms. The normalized spacial score (nSPS) is 10.3. The van der Waals surface area contributed by atoms with Gasteiger partial charge in [-0.2, -0.15) is 0 Å². The molecule has 1 heterocycles. The molecule has 0 aliphatic rings. The fraction of sp³-hybridized carbons (Fsp3) is 0.214. The highest BCUT2D eigenvalue weighted by molar-refractivity contribution is 7.98. The quantitative estimate of drug-likeness (QED) is 0.840. The molecule has 2 N–H and O–H groups in total. The minimum Gasteiger partial charge on any atom is -0.496 e. The first-order valence-corrected chi connectivity index (χ1v) is 6.71. The lowest BCUT2D eigenvalue weighted by molar-refractivity contribution is 0.411. The molecule has 0 saturated heterocycles. The van der Waals surface area contributed by atoms with Crippen molar-refractivity contribution in [3.63, 3.8) is 0 Å². The molecule has 0 saturated carbocycles. The summed E-state index contributed by atoms with van der Waals surface area (Å²) in [7, 11) is 1.69. The molecule has 18 heavy (non-hydrogen) atoms. The summed E-state index contributed by atoms with van der Waals surface area (Å²) >= 11 is 1.69. The summed E-state index contributed by atoms with van der Waals surface area (Å²) in [6, 6.07) is 12.0. The Morgan fingerprint density at radius 2 is 2.17 bits per heavy atom. The van der Waals surface area contributed by atoms with Crippen LogP contribution in [-0.4, -0.2) is 12.1 Å². The minimum atomic E-state index is 0.547. The molecule has 0 unspecified atom stereocenters. The number of thioether (sulfide) groups is 1. The van der Waals surface area contributed by atoms with Gasteiger partial charge < -0.3 is 10.5 Å². The average Bonchev–Trinajstić information content (AvgIpc) is 2.45. The van der Waals surface area contributed by atoms with Gasteiger partial charge in [0.25, 0.3) is 0 Å². The van der Waals surface area contributed by atoms with Crippen molar-refractivity contribution in [1.82, 2.24) is 4.98 Å². The van der Waals surface area contributed by atoms with Gasteiger partial charge in [0.15, 0.2) is 0 Å². The molecule has 0 spiro atoms. The van der Waals surface area contributed by atoms with Crippen LogP contribution in [0, 0.1) is 0 Å². The number of pyridine rings is 1. The summed E-state index contributed by atoms with van der Waals surface area (Å²) in [6.07, 6.45) is 1.80. The molecule has 1 aromatic heterocycles. The van der Waals surface area contributed by atoms with Gasteiger partial charge in [-0.05, 0) is 29.8 Å². The summed E-state index contributed by atoms with van der Waals surface area (Å²) in [5.74, 6) is 1.73. The van der Waals surface area contributed by atoms with Gasteiger partial charge in [0.2, 0.25) is 0 Å². The third-order valence-corrected chi connectivity index (χ3v) is 3.59. The average molecular weight is 260 g/mol. The van der Waals surface area contributed by atoms with Crippen molar-refractivity contribution in [2.45, 2.75) is 17.3 Å². The van der Waals surface area contributed by atoms with Crippen molar-refractivity contribution >= 4 is 11.8 Å². The maximum absolute atomic E-state index is 5.66. The number of hydrogen-bond donors (Lipinski definition) is 1. The molecule has 0 radical (unpaired) electrons. The second-order valence-corrected chi connectivity index (χ2v) is 4.80. The second kappa shape index (κ2) is 6.42. The van der Waals surface area contributed by atoms with E-state index in [4.69, 9.17) is 10.5 Å². The van der Waals surface area contributed by atoms with Crippen LogP contribution in [-0.2, 0) is 12.3 Å². The van der Waals surface area contributed by atoms with E-state index in [2.05, 4.69) is 11.1 Å². The van der Waals surface area contributed by atoms with Crippen LogP contribution < -0.4 is 10.5 Å². The third-order valence-electron chi connectivity index (χ3n) is 2.59. The summed E-state index contributed by atoms with van der Waals surface area (Å²) in [5.41, 5.74) is 7.92. The van der Waals surface area contributed by atoms with Crippen LogP contribution in [0.3, 0.4) is 0 Å². The lowest BCUT2D eigenvalue weighted by atomic mass is 10.1. The number of benzene rings is 1. The maximum Gasteiger partial charge on any atom is 0.122 e. The number of methoxy groups -OCH3 is 1. The molecule has 2 aromatic rings. The zero-order valence-corrected chi connectivity index (χ0v) is 11.1. The fourth-order valence-corrected chi connectivity index (χ4v) is 2.50. The Hall–Kier alpha value is -1.52. The molecule has 0 amide bonds. The molecule has 2 rings (SSSR count). The van der Waals surface area contributed by atoms with E-state index < -0.39 is 0 Å². The van der Waals surface area contributed by atoms with Crippen molar-refractivity contribution in [3.05, 3.63) is 53.7 Å². The summed E-state index contributed by atoms with van der Waals surface area (Å²) in [5, 5.41) is 1.01. The van der Waals surface area contributed by atoms with Gasteiger partial charge in [-0.3, -0.25) is 0 Å². The molecule has 0 aliphatic heterocycles. The molecule has 0 aliphatic carbocycles. The predicted molar refractivity (Wildman–Crippen MR) is 74.7 cm³/mol. The molecule has 94 valence electrons. The third kappa shape index (κ3) is 3.24. The monoisotopic (exact) mass is 260 g/mol. The largest absolute Gasteiger partial charge is 0.496 e. The van der Waals surface area contributed by atoms with E-state index in [-0.39, 0.29) is 0 Å². The number of rotatable bonds is 5. The Morgan fingerprint density at radius 1 is 1.28 bits per heavy atom. The Morgan fingerprint density at radius 3 is 2.83 bits per heavy atom. The Bertz CT molecular complexity index is 502. The van der Waals surface area contributed by atoms with Gasteiger partial charge in [-0.25, -0.2) is 4.98 Å². The summed E-state index contributed by atoms with van der Waals surface area (Å²) in [6.45, 7) is 0.547. The molecule has 1 aromatic carbocycles. The maximum atomic E-state index is 5.66. The van der Waals surface area contributed by atoms with Crippen LogP contribution in [0.1, 0.15) is 11.1 Å². The van der Waals surface area contributed by atoms with Gasteiger partial charge >= 0.3 is 0 Å². The standard InChI is InChI=1S/C14H16N2OS/c1-17-13-6-5-11(9-15)8-12(13)10-18-14-4-2-3-7-16-14/h2-8H,9-10,15H2,1H3. The number of ether oxygens (including phenoxy) is 1. The first-order chi connectivity index (χ1) is 8.83. The first kappa shape index (κ1) is 12.9. The van der Waals surface area contributed by atoms with Crippen LogP contribution >= 0.6 is 11.8 Å². The number of aromatic nitrogens is 1. The van der Waals surface area contributed by atoms with E-state index in [1.54, 1.807) is 25.1 Å². The zero-order valence-electron chi connectivity index (χ0n) is 10.3. The second-order valence-electron chi connectivity index (χ2n) is 3.81. The van der Waals surface area contributed by atoms with E-state index in [9.17, 15) is 0 Å². The van der Waals surface area contributed by atoms with Crippen molar-refractivity contribution in [2.24, 2.45) is 5.73 Å². The van der Waals surface area contributed by atoms with Gasteiger partial charge in [0, 0.05) is 24.1 Å². The van der Waals surface area contributed by atoms with Crippen molar-refractivity contribution in [2.75, 3.05) is 7.11 Å². The molecule has 3 nitrogen and oxygen atoms in total. The van der Waals surface area contributed by atoms with E-state index >= 15 is 0 Å². The molecular weight excluding hydrogens is 244 g/mol. The highest BCUT2D eigenvalue weighted by Crippen LogP contribution is 2.27. The van der Waals surface area contributed by atoms with E-state index in [1.165, 1.54) is 0 Å².